The van der Waals surface area contributed by atoms with Gasteiger partial charge in [-0.15, -0.1) is 0 Å². The quantitative estimate of drug-likeness (QED) is 0.893. The Morgan fingerprint density at radius 2 is 2.00 bits per heavy atom. The summed E-state index contributed by atoms with van der Waals surface area (Å²) in [5.41, 5.74) is 0.746. The minimum atomic E-state index is -0.802. The van der Waals surface area contributed by atoms with Crippen LogP contribution >= 0.6 is 0 Å². The highest BCUT2D eigenvalue weighted by atomic mass is 16.3. The molecule has 2 aromatic rings. The van der Waals surface area contributed by atoms with Crippen LogP contribution in [0.25, 0.3) is 10.9 Å². The van der Waals surface area contributed by atoms with Crippen LogP contribution < -0.4 is 0 Å². The number of β-amino-alcohol motifs (C(OH)–C–C–N with tert-alkyl or cyclic N) is 1. The molecule has 1 N–H and O–H groups in total. The number of aliphatic hydroxyl groups is 1. The molecule has 2 aliphatic heterocycles. The zero-order chi connectivity index (χ0) is 18.1. The first-order chi connectivity index (χ1) is 12.5. The fourth-order valence-electron chi connectivity index (χ4n) is 3.97. The Balaban J connectivity index is 1.42. The molecule has 4 rings (SSSR count). The van der Waals surface area contributed by atoms with Crippen LogP contribution in [0, 0.1) is 0 Å². The zero-order valence-electron chi connectivity index (χ0n) is 15.3. The van der Waals surface area contributed by atoms with Crippen molar-refractivity contribution in [1.82, 2.24) is 19.7 Å². The number of aromatic nitrogens is 1. The summed E-state index contributed by atoms with van der Waals surface area (Å²) >= 11 is 0. The van der Waals surface area contributed by atoms with E-state index in [1.54, 1.807) is 11.1 Å². The molecule has 2 fully saturated rings. The van der Waals surface area contributed by atoms with Crippen LogP contribution in [0.15, 0.2) is 36.5 Å². The zero-order valence-corrected chi connectivity index (χ0v) is 15.3. The van der Waals surface area contributed by atoms with Gasteiger partial charge in [0.25, 0.3) is 5.91 Å². The Labute approximate surface area is 154 Å². The van der Waals surface area contributed by atoms with E-state index in [4.69, 9.17) is 0 Å². The van der Waals surface area contributed by atoms with Crippen LogP contribution in [0.4, 0.5) is 0 Å². The Bertz CT molecular complexity index is 803. The monoisotopic (exact) mass is 354 g/mol. The highest BCUT2D eigenvalue weighted by Gasteiger charge is 2.40. The molecule has 1 aromatic heterocycles. The van der Waals surface area contributed by atoms with Gasteiger partial charge in [0, 0.05) is 56.4 Å². The number of hydrogen-bond acceptors (Lipinski definition) is 5. The fourth-order valence-corrected chi connectivity index (χ4v) is 3.97. The second kappa shape index (κ2) is 6.95. The number of piperazine rings is 1. The van der Waals surface area contributed by atoms with E-state index in [0.29, 0.717) is 31.6 Å². The van der Waals surface area contributed by atoms with Crippen LogP contribution in [0.1, 0.15) is 16.8 Å². The lowest BCUT2D eigenvalue weighted by Gasteiger charge is -2.36. The van der Waals surface area contributed by atoms with E-state index in [1.807, 2.05) is 30.3 Å². The molecule has 3 heterocycles. The number of fused-ring (bicyclic) bond motifs is 1. The SMILES string of the molecule is CN1CCN(C[C@]2(O)CCN(C(=O)c3ccc4ncccc4c3)C2)CC1. The van der Waals surface area contributed by atoms with Crippen molar-refractivity contribution < 1.29 is 9.90 Å². The van der Waals surface area contributed by atoms with Gasteiger partial charge in [0.05, 0.1) is 17.7 Å². The molecule has 0 aliphatic carbocycles. The van der Waals surface area contributed by atoms with Crippen molar-refractivity contribution in [2.24, 2.45) is 0 Å². The van der Waals surface area contributed by atoms with E-state index in [0.717, 1.165) is 37.1 Å². The number of carbonyl (C=O) groups excluding carboxylic acids is 1. The summed E-state index contributed by atoms with van der Waals surface area (Å²) in [5, 5.41) is 12.0. The summed E-state index contributed by atoms with van der Waals surface area (Å²) in [6, 6.07) is 9.45. The Hall–Kier alpha value is -2.02. The minimum absolute atomic E-state index is 0.00921. The van der Waals surface area contributed by atoms with E-state index >= 15 is 0 Å². The maximum atomic E-state index is 12.9. The van der Waals surface area contributed by atoms with Crippen molar-refractivity contribution >= 4 is 16.8 Å². The van der Waals surface area contributed by atoms with Gasteiger partial charge in [0.1, 0.15) is 0 Å². The lowest BCUT2D eigenvalue weighted by atomic mass is 10.0. The first kappa shape index (κ1) is 17.4. The number of rotatable bonds is 3. The van der Waals surface area contributed by atoms with Gasteiger partial charge < -0.3 is 14.9 Å². The molecule has 0 saturated carbocycles. The van der Waals surface area contributed by atoms with Crippen LogP contribution in [-0.4, -0.2) is 89.2 Å². The molecule has 1 amide bonds. The Kier molecular flexibility index (Phi) is 4.65. The predicted octanol–water partition coefficient (Wildman–Crippen LogP) is 1.06. The minimum Gasteiger partial charge on any atom is -0.387 e. The average molecular weight is 354 g/mol. The molecule has 1 atom stereocenters. The van der Waals surface area contributed by atoms with Crippen molar-refractivity contribution in [2.45, 2.75) is 12.0 Å². The molecular formula is C20H26N4O2. The molecule has 6 heteroatoms. The average Bonchev–Trinajstić information content (AvgIpc) is 3.04. The molecule has 0 bridgehead atoms. The molecule has 1 aromatic carbocycles. The number of nitrogens with zero attached hydrogens (tertiary/aromatic N) is 4. The van der Waals surface area contributed by atoms with E-state index in [1.165, 1.54) is 0 Å². The van der Waals surface area contributed by atoms with Gasteiger partial charge in [-0.2, -0.15) is 0 Å². The van der Waals surface area contributed by atoms with Crippen molar-refractivity contribution in [3.63, 3.8) is 0 Å². The van der Waals surface area contributed by atoms with E-state index in [-0.39, 0.29) is 5.91 Å². The van der Waals surface area contributed by atoms with Gasteiger partial charge in [-0.3, -0.25) is 14.7 Å². The van der Waals surface area contributed by atoms with Crippen molar-refractivity contribution in [1.29, 1.82) is 0 Å². The van der Waals surface area contributed by atoms with Gasteiger partial charge in [0.2, 0.25) is 0 Å². The first-order valence-corrected chi connectivity index (χ1v) is 9.30. The van der Waals surface area contributed by atoms with E-state index in [9.17, 15) is 9.90 Å². The molecule has 0 radical (unpaired) electrons. The van der Waals surface area contributed by atoms with Crippen LogP contribution in [0.2, 0.25) is 0 Å². The van der Waals surface area contributed by atoms with E-state index < -0.39 is 5.60 Å². The number of carbonyl (C=O) groups is 1. The highest BCUT2D eigenvalue weighted by molar-refractivity contribution is 5.98. The lowest BCUT2D eigenvalue weighted by molar-refractivity contribution is 0.000527. The highest BCUT2D eigenvalue weighted by Crippen LogP contribution is 2.25. The molecule has 2 saturated heterocycles. The number of benzene rings is 1. The number of hydrogen-bond donors (Lipinski definition) is 1. The third-order valence-electron chi connectivity index (χ3n) is 5.58. The van der Waals surface area contributed by atoms with Crippen LogP contribution in [0.3, 0.4) is 0 Å². The smallest absolute Gasteiger partial charge is 0.253 e. The summed E-state index contributed by atoms with van der Waals surface area (Å²) in [6.45, 7) is 5.67. The molecular weight excluding hydrogens is 328 g/mol. The fraction of sp³-hybridized carbons (Fsp3) is 0.500. The molecule has 26 heavy (non-hydrogen) atoms. The summed E-state index contributed by atoms with van der Waals surface area (Å²) in [6.07, 6.45) is 2.39. The Morgan fingerprint density at radius 3 is 2.81 bits per heavy atom. The summed E-state index contributed by atoms with van der Waals surface area (Å²) in [7, 11) is 2.13. The van der Waals surface area contributed by atoms with Crippen molar-refractivity contribution in [2.75, 3.05) is 52.9 Å². The topological polar surface area (TPSA) is 59.9 Å². The molecule has 2 aliphatic rings. The maximum Gasteiger partial charge on any atom is 0.253 e. The third-order valence-corrected chi connectivity index (χ3v) is 5.58. The van der Waals surface area contributed by atoms with Gasteiger partial charge in [0.15, 0.2) is 0 Å². The number of likely N-dealkylation sites (N-methyl/N-ethyl adjacent to an activating group) is 1. The molecule has 6 nitrogen and oxygen atoms in total. The maximum absolute atomic E-state index is 12.9. The van der Waals surface area contributed by atoms with Gasteiger partial charge in [-0.1, -0.05) is 6.07 Å². The lowest BCUT2D eigenvalue weighted by Crippen LogP contribution is -2.52. The number of amides is 1. The predicted molar refractivity (Wildman–Crippen MR) is 101 cm³/mol. The normalized spacial score (nSPS) is 25.1. The number of pyridine rings is 1. The van der Waals surface area contributed by atoms with E-state index in [2.05, 4.69) is 21.8 Å². The van der Waals surface area contributed by atoms with Crippen molar-refractivity contribution in [3.05, 3.63) is 42.1 Å². The summed E-state index contributed by atoms with van der Waals surface area (Å²) in [4.78, 5) is 23.6. The van der Waals surface area contributed by atoms with Crippen LogP contribution in [0.5, 0.6) is 0 Å². The summed E-state index contributed by atoms with van der Waals surface area (Å²) < 4.78 is 0. The summed E-state index contributed by atoms with van der Waals surface area (Å²) in [5.74, 6) is -0.00921. The molecule has 138 valence electrons. The van der Waals surface area contributed by atoms with Crippen LogP contribution in [-0.2, 0) is 0 Å². The van der Waals surface area contributed by atoms with Gasteiger partial charge >= 0.3 is 0 Å². The largest absolute Gasteiger partial charge is 0.387 e. The molecule has 0 unspecified atom stereocenters. The second-order valence-corrected chi connectivity index (χ2v) is 7.69. The van der Waals surface area contributed by atoms with Gasteiger partial charge in [-0.05, 0) is 37.7 Å². The third kappa shape index (κ3) is 3.58. The second-order valence-electron chi connectivity index (χ2n) is 7.69. The number of likely N-dealkylation sites (tertiary alicyclic amines) is 1. The van der Waals surface area contributed by atoms with Gasteiger partial charge in [-0.25, -0.2) is 0 Å². The van der Waals surface area contributed by atoms with Crippen molar-refractivity contribution in [3.8, 4) is 0 Å². The standard InChI is InChI=1S/C20H26N4O2/c1-22-9-11-23(12-10-22)14-20(26)6-8-24(15-20)19(25)17-4-5-18-16(13-17)3-2-7-21-18/h2-5,7,13,26H,6,8-12,14-15H2,1H3/t20-/m1/s1. The Morgan fingerprint density at radius 1 is 1.19 bits per heavy atom. The molecule has 0 spiro atoms. The first-order valence-electron chi connectivity index (χ1n) is 9.30.